The molecular weight excluding hydrogens is 378 g/mol. The van der Waals surface area contributed by atoms with Crippen molar-refractivity contribution in [3.05, 3.63) is 30.0 Å². The first-order chi connectivity index (χ1) is 13.5. The van der Waals surface area contributed by atoms with Crippen LogP contribution in [0, 0.1) is 0 Å². The Morgan fingerprint density at radius 3 is 2.21 bits per heavy atom. The van der Waals surface area contributed by atoms with Gasteiger partial charge in [0.05, 0.1) is 12.8 Å². The van der Waals surface area contributed by atoms with Gasteiger partial charge in [-0.25, -0.2) is 14.6 Å². The van der Waals surface area contributed by atoms with Crippen molar-refractivity contribution in [2.24, 2.45) is 14.1 Å². The van der Waals surface area contributed by atoms with Crippen LogP contribution in [0.1, 0.15) is 55.7 Å². The summed E-state index contributed by atoms with van der Waals surface area (Å²) in [6, 6.07) is 1.49. The number of imidazole rings is 1. The molecule has 0 radical (unpaired) electrons. The summed E-state index contributed by atoms with van der Waals surface area (Å²) in [5.74, 6) is -0.764. The molecule has 0 spiro atoms. The monoisotopic (exact) mass is 407 g/mol. The van der Waals surface area contributed by atoms with Gasteiger partial charge in [-0.2, -0.15) is 0 Å². The van der Waals surface area contributed by atoms with Gasteiger partial charge < -0.3 is 23.9 Å². The lowest BCUT2D eigenvalue weighted by molar-refractivity contribution is 0.0587. The molecule has 0 bridgehead atoms. The molecule has 2 heterocycles. The van der Waals surface area contributed by atoms with Gasteiger partial charge in [0.15, 0.2) is 5.82 Å². The van der Waals surface area contributed by atoms with Crippen molar-refractivity contribution in [3.63, 3.8) is 0 Å². The number of aromatic nitrogens is 3. The number of nitrogens with one attached hydrogen (secondary N) is 2. The zero-order valence-electron chi connectivity index (χ0n) is 18.1. The molecule has 0 saturated heterocycles. The van der Waals surface area contributed by atoms with Gasteiger partial charge in [0.1, 0.15) is 11.3 Å². The van der Waals surface area contributed by atoms with E-state index in [1.165, 1.54) is 28.5 Å². The van der Waals surface area contributed by atoms with Gasteiger partial charge in [0.25, 0.3) is 5.91 Å². The lowest BCUT2D eigenvalue weighted by Crippen LogP contribution is -2.27. The molecule has 160 valence electrons. The van der Waals surface area contributed by atoms with Crippen molar-refractivity contribution in [2.45, 2.75) is 40.2 Å². The molecule has 0 aliphatic rings. The van der Waals surface area contributed by atoms with Crippen molar-refractivity contribution >= 4 is 29.5 Å². The maximum Gasteiger partial charge on any atom is 0.413 e. The van der Waals surface area contributed by atoms with E-state index in [9.17, 15) is 14.4 Å². The fourth-order valence-corrected chi connectivity index (χ4v) is 2.27. The van der Waals surface area contributed by atoms with Crippen LogP contribution in [0.2, 0.25) is 0 Å². The van der Waals surface area contributed by atoms with Crippen LogP contribution in [-0.4, -0.2) is 44.8 Å². The highest BCUT2D eigenvalue weighted by atomic mass is 16.6. The number of carbonyl (C=O) groups excluding carboxylic acids is 3. The van der Waals surface area contributed by atoms with Gasteiger partial charge in [-0.05, 0) is 26.8 Å². The molecule has 0 aromatic carbocycles. The van der Waals surface area contributed by atoms with Gasteiger partial charge in [0.2, 0.25) is 5.82 Å². The Balaban J connectivity index is 0.00000204. The average Bonchev–Trinajstić information content (AvgIpc) is 3.16. The Bertz CT molecular complexity index is 876. The minimum absolute atomic E-state index is 0.0736. The average molecular weight is 407 g/mol. The van der Waals surface area contributed by atoms with Crippen LogP contribution in [0.3, 0.4) is 0 Å². The van der Waals surface area contributed by atoms with Crippen LogP contribution in [0.4, 0.5) is 16.3 Å². The van der Waals surface area contributed by atoms with E-state index in [4.69, 9.17) is 4.74 Å². The van der Waals surface area contributed by atoms with Crippen LogP contribution in [0.5, 0.6) is 0 Å². The van der Waals surface area contributed by atoms with Crippen molar-refractivity contribution in [1.29, 1.82) is 0 Å². The molecular formula is C19H29N5O5. The Morgan fingerprint density at radius 1 is 1.03 bits per heavy atom. The Morgan fingerprint density at radius 2 is 1.66 bits per heavy atom. The Kier molecular flexibility index (Phi) is 7.99. The van der Waals surface area contributed by atoms with Crippen molar-refractivity contribution in [2.75, 3.05) is 17.7 Å². The quantitative estimate of drug-likeness (QED) is 0.752. The van der Waals surface area contributed by atoms with Gasteiger partial charge >= 0.3 is 12.1 Å². The number of rotatable bonds is 4. The third-order valence-electron chi connectivity index (χ3n) is 3.37. The number of anilines is 2. The second-order valence-corrected chi connectivity index (χ2v) is 6.86. The van der Waals surface area contributed by atoms with Crippen LogP contribution in [-0.2, 0) is 23.6 Å². The zero-order valence-corrected chi connectivity index (χ0v) is 18.1. The lowest BCUT2D eigenvalue weighted by Gasteiger charge is -2.18. The first-order valence-corrected chi connectivity index (χ1v) is 9.09. The minimum Gasteiger partial charge on any atom is -0.464 e. The van der Waals surface area contributed by atoms with Crippen LogP contribution >= 0.6 is 0 Å². The number of aryl methyl sites for hydroxylation is 2. The fourth-order valence-electron chi connectivity index (χ4n) is 2.27. The van der Waals surface area contributed by atoms with E-state index in [1.807, 2.05) is 13.8 Å². The zero-order chi connectivity index (χ0) is 22.4. The summed E-state index contributed by atoms with van der Waals surface area (Å²) in [7, 11) is 4.55. The highest BCUT2D eigenvalue weighted by Crippen LogP contribution is 2.16. The molecule has 2 aromatic rings. The third kappa shape index (κ3) is 6.66. The molecule has 0 fully saturated rings. The van der Waals surface area contributed by atoms with E-state index in [0.29, 0.717) is 11.4 Å². The molecule has 0 saturated carbocycles. The second-order valence-electron chi connectivity index (χ2n) is 6.86. The molecule has 10 nitrogen and oxygen atoms in total. The van der Waals surface area contributed by atoms with E-state index in [0.717, 1.165) is 0 Å². The number of ether oxygens (including phenoxy) is 2. The standard InChI is InChI=1S/C17H23N5O5.C2H6/c1-17(2,3)27-16(25)20-12-9-22(5)13(19-12)14(23)18-10-7-11(15(24)26-6)21(4)8-10;1-2/h7-9H,1-6H3,(H,18,23)(H,20,25);1-2H3. The largest absolute Gasteiger partial charge is 0.464 e. The summed E-state index contributed by atoms with van der Waals surface area (Å²) < 4.78 is 12.8. The molecule has 2 amide bonds. The second kappa shape index (κ2) is 9.76. The van der Waals surface area contributed by atoms with Crippen molar-refractivity contribution < 1.29 is 23.9 Å². The van der Waals surface area contributed by atoms with E-state index in [2.05, 4.69) is 20.4 Å². The van der Waals surface area contributed by atoms with Crippen LogP contribution in [0.15, 0.2) is 18.5 Å². The molecule has 2 aromatic heterocycles. The van der Waals surface area contributed by atoms with E-state index >= 15 is 0 Å². The topological polar surface area (TPSA) is 116 Å². The number of hydrogen-bond donors (Lipinski definition) is 2. The highest BCUT2D eigenvalue weighted by Gasteiger charge is 2.20. The molecule has 2 rings (SSSR count). The number of amides is 2. The SMILES string of the molecule is CC.COC(=O)c1cc(NC(=O)c2nc(NC(=O)OC(C)(C)C)cn2C)cn1C. The van der Waals surface area contributed by atoms with Crippen molar-refractivity contribution in [1.82, 2.24) is 14.1 Å². The number of hydrogen-bond acceptors (Lipinski definition) is 6. The number of methoxy groups -OCH3 is 1. The van der Waals surface area contributed by atoms with Crippen molar-refractivity contribution in [3.8, 4) is 0 Å². The molecule has 29 heavy (non-hydrogen) atoms. The van der Waals surface area contributed by atoms with E-state index in [1.54, 1.807) is 41.1 Å². The lowest BCUT2D eigenvalue weighted by atomic mass is 10.2. The predicted molar refractivity (Wildman–Crippen MR) is 109 cm³/mol. The smallest absolute Gasteiger partial charge is 0.413 e. The van der Waals surface area contributed by atoms with Gasteiger partial charge in [-0.15, -0.1) is 0 Å². The normalized spacial score (nSPS) is 10.5. The number of nitrogens with zero attached hydrogens (tertiary/aromatic N) is 3. The van der Waals surface area contributed by atoms with E-state index in [-0.39, 0.29) is 11.6 Å². The molecule has 0 atom stereocenters. The summed E-state index contributed by atoms with van der Waals surface area (Å²) in [5, 5.41) is 5.13. The predicted octanol–water partition coefficient (Wildman–Crippen LogP) is 3.17. The minimum atomic E-state index is -0.668. The molecule has 0 aliphatic heterocycles. The molecule has 2 N–H and O–H groups in total. The first-order valence-electron chi connectivity index (χ1n) is 9.09. The molecule has 10 heteroatoms. The highest BCUT2D eigenvalue weighted by molar-refractivity contribution is 6.03. The van der Waals surface area contributed by atoms with Crippen LogP contribution < -0.4 is 10.6 Å². The summed E-state index contributed by atoms with van der Waals surface area (Å²) in [6.07, 6.45) is 2.40. The Labute approximate surface area is 170 Å². The number of carbonyl (C=O) groups is 3. The van der Waals surface area contributed by atoms with Crippen LogP contribution in [0.25, 0.3) is 0 Å². The van der Waals surface area contributed by atoms with Gasteiger partial charge in [-0.3, -0.25) is 10.1 Å². The summed E-state index contributed by atoms with van der Waals surface area (Å²) in [4.78, 5) is 40.0. The fraction of sp³-hybridized carbons (Fsp3) is 0.474. The first kappa shape index (κ1) is 23.7. The van der Waals surface area contributed by atoms with E-state index < -0.39 is 23.6 Å². The maximum absolute atomic E-state index is 12.5. The molecule has 0 unspecified atom stereocenters. The van der Waals surface area contributed by atoms with Gasteiger partial charge in [0, 0.05) is 26.5 Å². The Hall–Kier alpha value is -3.30. The maximum atomic E-state index is 12.5. The number of esters is 1. The third-order valence-corrected chi connectivity index (χ3v) is 3.37. The summed E-state index contributed by atoms with van der Waals surface area (Å²) >= 11 is 0. The molecule has 0 aliphatic carbocycles. The summed E-state index contributed by atoms with van der Waals surface area (Å²) in [5.41, 5.74) is 0.0523. The van der Waals surface area contributed by atoms with Gasteiger partial charge in [-0.1, -0.05) is 13.8 Å². The summed E-state index contributed by atoms with van der Waals surface area (Å²) in [6.45, 7) is 9.23.